The summed E-state index contributed by atoms with van der Waals surface area (Å²) in [4.78, 5) is 17.6. The Morgan fingerprint density at radius 1 is 1.08 bits per heavy atom. The van der Waals surface area contributed by atoms with E-state index in [1.165, 1.54) is 11.6 Å². The molecule has 1 saturated heterocycles. The number of likely N-dealkylation sites (N-methyl/N-ethyl adjacent to an activating group) is 2. The van der Waals surface area contributed by atoms with Crippen LogP contribution in [-0.4, -0.2) is 68.1 Å². The van der Waals surface area contributed by atoms with Crippen LogP contribution in [-0.2, 0) is 19.6 Å². The largest absolute Gasteiger partial charge is 0.348 e. The fourth-order valence-corrected chi connectivity index (χ4v) is 5.09. The van der Waals surface area contributed by atoms with Crippen molar-refractivity contribution < 1.29 is 9.18 Å². The molecule has 1 fully saturated rings. The van der Waals surface area contributed by atoms with Crippen LogP contribution in [0.25, 0.3) is 11.1 Å². The van der Waals surface area contributed by atoms with Crippen LogP contribution < -0.4 is 16.0 Å². The average molecular weight is 532 g/mol. The number of amides is 1. The smallest absolute Gasteiger partial charge is 0.251 e. The monoisotopic (exact) mass is 531 g/mol. The number of carbonyl (C=O) groups excluding carboxylic acids is 1. The molecule has 3 N–H and O–H groups in total. The van der Waals surface area contributed by atoms with Gasteiger partial charge in [-0.25, -0.2) is 4.39 Å². The molecule has 6 nitrogen and oxygen atoms in total. The summed E-state index contributed by atoms with van der Waals surface area (Å²) >= 11 is 0. The summed E-state index contributed by atoms with van der Waals surface area (Å²) in [7, 11) is 2.08. The highest BCUT2D eigenvalue weighted by atomic mass is 19.1. The highest BCUT2D eigenvalue weighted by Gasteiger charge is 2.16. The topological polar surface area (TPSA) is 59.6 Å². The Hall–Kier alpha value is -3.10. The van der Waals surface area contributed by atoms with Crippen molar-refractivity contribution in [1.82, 2.24) is 25.8 Å². The van der Waals surface area contributed by atoms with Gasteiger partial charge in [0, 0.05) is 69.5 Å². The van der Waals surface area contributed by atoms with Crippen molar-refractivity contribution in [2.75, 3.05) is 46.3 Å². The van der Waals surface area contributed by atoms with Gasteiger partial charge < -0.3 is 20.9 Å². The van der Waals surface area contributed by atoms with Crippen LogP contribution in [0.1, 0.15) is 40.9 Å². The molecule has 1 amide bonds. The number of hydrogen-bond donors (Lipinski definition) is 3. The van der Waals surface area contributed by atoms with Crippen molar-refractivity contribution in [3.05, 3.63) is 94.8 Å². The Balaban J connectivity index is 1.38. The third-order valence-electron chi connectivity index (χ3n) is 7.14. The van der Waals surface area contributed by atoms with Crippen LogP contribution in [0.4, 0.5) is 4.39 Å². The van der Waals surface area contributed by atoms with Gasteiger partial charge in [-0.05, 0) is 73.1 Å². The first-order valence-electron chi connectivity index (χ1n) is 14.0. The molecule has 1 unspecified atom stereocenters. The summed E-state index contributed by atoms with van der Waals surface area (Å²) in [6.07, 6.45) is 0. The fraction of sp³-hybridized carbons (Fsp3) is 0.406. The first-order valence-corrected chi connectivity index (χ1v) is 14.0. The number of nitrogens with zero attached hydrogens (tertiary/aromatic N) is 2. The van der Waals surface area contributed by atoms with Gasteiger partial charge in [-0.2, -0.15) is 0 Å². The molecule has 3 aromatic carbocycles. The van der Waals surface area contributed by atoms with Gasteiger partial charge in [-0.1, -0.05) is 43.3 Å². The maximum absolute atomic E-state index is 14.9. The molecular weight excluding hydrogens is 489 g/mol. The Labute approximate surface area is 232 Å². The van der Waals surface area contributed by atoms with Crippen molar-refractivity contribution in [1.29, 1.82) is 0 Å². The average Bonchev–Trinajstić information content (AvgIpc) is 2.93. The zero-order valence-corrected chi connectivity index (χ0v) is 23.5. The number of piperazine rings is 1. The molecule has 3 aromatic rings. The molecule has 7 heteroatoms. The quantitative estimate of drug-likeness (QED) is 0.305. The summed E-state index contributed by atoms with van der Waals surface area (Å²) in [5.74, 6) is -0.394. The van der Waals surface area contributed by atoms with Crippen LogP contribution in [0.2, 0.25) is 0 Å². The molecule has 1 atom stereocenters. The lowest BCUT2D eigenvalue weighted by molar-refractivity contribution is 0.0950. The number of carbonyl (C=O) groups is 1. The minimum Gasteiger partial charge on any atom is -0.348 e. The van der Waals surface area contributed by atoms with Crippen LogP contribution in [0, 0.1) is 5.82 Å². The number of nitrogens with one attached hydrogen (secondary N) is 3. The maximum Gasteiger partial charge on any atom is 0.251 e. The van der Waals surface area contributed by atoms with E-state index < -0.39 is 0 Å². The van der Waals surface area contributed by atoms with E-state index in [0.29, 0.717) is 23.7 Å². The van der Waals surface area contributed by atoms with Crippen LogP contribution in [0.3, 0.4) is 0 Å². The third kappa shape index (κ3) is 8.70. The van der Waals surface area contributed by atoms with E-state index >= 15 is 0 Å². The number of rotatable bonds is 12. The second kappa shape index (κ2) is 14.3. The number of benzene rings is 3. The predicted molar refractivity (Wildman–Crippen MR) is 157 cm³/mol. The molecule has 39 heavy (non-hydrogen) atoms. The van der Waals surface area contributed by atoms with Crippen molar-refractivity contribution in [3.8, 4) is 11.1 Å². The highest BCUT2D eigenvalue weighted by molar-refractivity contribution is 5.94. The second-order valence-electron chi connectivity index (χ2n) is 10.6. The SMILES string of the molecule is CCNCCN(C)Cc1cccc(C(=O)NCc2ccc(F)c(-c3cccc(CN4CCNC(C)C4)c3)c2)c1. The van der Waals surface area contributed by atoms with E-state index in [9.17, 15) is 9.18 Å². The van der Waals surface area contributed by atoms with Crippen molar-refractivity contribution >= 4 is 5.91 Å². The Morgan fingerprint density at radius 3 is 2.72 bits per heavy atom. The molecular formula is C32H42FN5O. The predicted octanol–water partition coefficient (Wildman–Crippen LogP) is 4.26. The molecule has 0 bridgehead atoms. The fourth-order valence-electron chi connectivity index (χ4n) is 5.09. The zero-order valence-electron chi connectivity index (χ0n) is 23.5. The molecule has 1 aliphatic rings. The van der Waals surface area contributed by atoms with Crippen molar-refractivity contribution in [3.63, 3.8) is 0 Å². The van der Waals surface area contributed by atoms with Crippen LogP contribution >= 0.6 is 0 Å². The van der Waals surface area contributed by atoms with Gasteiger partial charge in [-0.15, -0.1) is 0 Å². The molecule has 1 heterocycles. The van der Waals surface area contributed by atoms with Gasteiger partial charge >= 0.3 is 0 Å². The summed E-state index contributed by atoms with van der Waals surface area (Å²) in [6.45, 7) is 12.1. The molecule has 0 radical (unpaired) electrons. The molecule has 0 aliphatic carbocycles. The second-order valence-corrected chi connectivity index (χ2v) is 10.6. The van der Waals surface area contributed by atoms with Gasteiger partial charge in [0.15, 0.2) is 0 Å². The molecule has 208 valence electrons. The molecule has 0 aromatic heterocycles. The Kier molecular flexibility index (Phi) is 10.6. The first-order chi connectivity index (χ1) is 18.9. The van der Waals surface area contributed by atoms with Crippen LogP contribution in [0.15, 0.2) is 66.7 Å². The van der Waals surface area contributed by atoms with E-state index in [1.807, 2.05) is 42.5 Å². The summed E-state index contributed by atoms with van der Waals surface area (Å²) in [5, 5.41) is 9.81. The summed E-state index contributed by atoms with van der Waals surface area (Å²) in [6, 6.07) is 21.4. The minimum absolute atomic E-state index is 0.134. The first kappa shape index (κ1) is 28.9. The standard InChI is InChI=1S/C32H42FN5O/c1-4-34-13-15-37(3)22-26-7-6-10-29(18-26)32(39)36-20-25-11-12-31(33)30(19-25)28-9-5-8-27(17-28)23-38-16-14-35-24(2)21-38/h5-12,17-19,24,34-35H,4,13-16,20-23H2,1-3H3,(H,36,39). The van der Waals surface area contributed by atoms with Gasteiger partial charge in [0.25, 0.3) is 5.91 Å². The molecule has 1 aliphatic heterocycles. The third-order valence-corrected chi connectivity index (χ3v) is 7.14. The lowest BCUT2D eigenvalue weighted by Gasteiger charge is -2.31. The highest BCUT2D eigenvalue weighted by Crippen LogP contribution is 2.26. The van der Waals surface area contributed by atoms with E-state index in [-0.39, 0.29) is 11.7 Å². The van der Waals surface area contributed by atoms with E-state index in [1.54, 1.807) is 6.07 Å². The maximum atomic E-state index is 14.9. The van der Waals surface area contributed by atoms with Gasteiger partial charge in [0.05, 0.1) is 0 Å². The summed E-state index contributed by atoms with van der Waals surface area (Å²) < 4.78 is 14.9. The van der Waals surface area contributed by atoms with Gasteiger partial charge in [0.2, 0.25) is 0 Å². The van der Waals surface area contributed by atoms with E-state index in [4.69, 9.17) is 0 Å². The lowest BCUT2D eigenvalue weighted by Crippen LogP contribution is -2.48. The van der Waals surface area contributed by atoms with E-state index in [0.717, 1.165) is 69.0 Å². The molecule has 4 rings (SSSR count). The van der Waals surface area contributed by atoms with Crippen LogP contribution in [0.5, 0.6) is 0 Å². The Bertz CT molecular complexity index is 1230. The summed E-state index contributed by atoms with van der Waals surface area (Å²) in [5.41, 5.74) is 5.17. The zero-order chi connectivity index (χ0) is 27.6. The van der Waals surface area contributed by atoms with Crippen molar-refractivity contribution in [2.24, 2.45) is 0 Å². The number of hydrogen-bond acceptors (Lipinski definition) is 5. The molecule has 0 saturated carbocycles. The normalized spacial score (nSPS) is 16.0. The Morgan fingerprint density at radius 2 is 1.90 bits per heavy atom. The van der Waals surface area contributed by atoms with Crippen molar-refractivity contribution in [2.45, 2.75) is 39.5 Å². The number of halogens is 1. The van der Waals surface area contributed by atoms with E-state index in [2.05, 4.69) is 58.8 Å². The minimum atomic E-state index is -0.260. The lowest BCUT2D eigenvalue weighted by atomic mass is 10.00. The molecule has 0 spiro atoms. The van der Waals surface area contributed by atoms with Gasteiger partial charge in [0.1, 0.15) is 5.82 Å². The van der Waals surface area contributed by atoms with Gasteiger partial charge in [-0.3, -0.25) is 9.69 Å².